The highest BCUT2D eigenvalue weighted by atomic mass is 32.2. The summed E-state index contributed by atoms with van der Waals surface area (Å²) in [6, 6.07) is 6.28. The molecule has 2 aliphatic rings. The lowest BCUT2D eigenvalue weighted by molar-refractivity contribution is -0.138. The second kappa shape index (κ2) is 11.3. The van der Waals surface area contributed by atoms with E-state index >= 15 is 0 Å². The SMILES string of the molecule is CCCS(=O)(=O)N1CCN(C(=O)c2ccc(C)cc2)C1C(=O)NC(CC(=O)O)C1CCCCC1. The van der Waals surface area contributed by atoms with Gasteiger partial charge in [-0.1, -0.05) is 43.9 Å². The molecule has 1 aliphatic heterocycles. The van der Waals surface area contributed by atoms with Crippen LogP contribution in [0.5, 0.6) is 0 Å². The van der Waals surface area contributed by atoms with Crippen molar-refractivity contribution in [2.45, 2.75) is 71.0 Å². The van der Waals surface area contributed by atoms with Gasteiger partial charge in [-0.25, -0.2) is 8.42 Å². The number of rotatable bonds is 9. The summed E-state index contributed by atoms with van der Waals surface area (Å²) in [5.41, 5.74) is 1.34. The van der Waals surface area contributed by atoms with Crippen LogP contribution in [-0.2, 0) is 19.6 Å². The molecule has 2 fully saturated rings. The summed E-state index contributed by atoms with van der Waals surface area (Å²) < 4.78 is 27.0. The van der Waals surface area contributed by atoms with Gasteiger partial charge in [0.1, 0.15) is 0 Å². The molecule has 0 spiro atoms. The van der Waals surface area contributed by atoms with Crippen molar-refractivity contribution in [1.82, 2.24) is 14.5 Å². The Labute approximate surface area is 201 Å². The van der Waals surface area contributed by atoms with Gasteiger partial charge < -0.3 is 15.3 Å². The highest BCUT2D eigenvalue weighted by Crippen LogP contribution is 2.29. The predicted molar refractivity (Wildman–Crippen MR) is 128 cm³/mol. The summed E-state index contributed by atoms with van der Waals surface area (Å²) in [6.07, 6.45) is 3.43. The maximum atomic E-state index is 13.5. The quantitative estimate of drug-likeness (QED) is 0.544. The molecule has 2 N–H and O–H groups in total. The number of sulfonamides is 1. The molecule has 9 nitrogen and oxygen atoms in total. The van der Waals surface area contributed by atoms with Gasteiger partial charge in [0.15, 0.2) is 6.17 Å². The van der Waals surface area contributed by atoms with Gasteiger partial charge in [-0.3, -0.25) is 14.4 Å². The molecule has 34 heavy (non-hydrogen) atoms. The van der Waals surface area contributed by atoms with Gasteiger partial charge in [-0.15, -0.1) is 0 Å². The Hall–Kier alpha value is -2.46. The Morgan fingerprint density at radius 1 is 1.09 bits per heavy atom. The Kier molecular flexibility index (Phi) is 8.70. The lowest BCUT2D eigenvalue weighted by Crippen LogP contribution is -2.57. The van der Waals surface area contributed by atoms with Crippen LogP contribution in [0.1, 0.15) is 67.8 Å². The van der Waals surface area contributed by atoms with Crippen molar-refractivity contribution in [3.63, 3.8) is 0 Å². The van der Waals surface area contributed by atoms with Crippen molar-refractivity contribution in [1.29, 1.82) is 0 Å². The van der Waals surface area contributed by atoms with Gasteiger partial charge in [-0.2, -0.15) is 4.31 Å². The van der Waals surface area contributed by atoms with Crippen molar-refractivity contribution < 1.29 is 27.9 Å². The van der Waals surface area contributed by atoms with E-state index in [9.17, 15) is 27.9 Å². The van der Waals surface area contributed by atoms with Crippen LogP contribution < -0.4 is 5.32 Å². The standard InChI is InChI=1S/C24H35N3O6S/c1-3-15-34(32,33)27-14-13-26(24(31)19-11-9-17(2)10-12-19)23(27)22(30)25-20(16-21(28)29)18-7-5-4-6-8-18/h9-12,18,20,23H,3-8,13-16H2,1-2H3,(H,25,30)(H,28,29). The van der Waals surface area contributed by atoms with Crippen LogP contribution in [0.2, 0.25) is 0 Å². The van der Waals surface area contributed by atoms with Gasteiger partial charge in [0, 0.05) is 24.7 Å². The number of carboxylic acids is 1. The number of hydrogen-bond donors (Lipinski definition) is 2. The molecule has 1 saturated heterocycles. The maximum Gasteiger partial charge on any atom is 0.305 e. The van der Waals surface area contributed by atoms with Crippen LogP contribution in [0.25, 0.3) is 0 Å². The lowest BCUT2D eigenvalue weighted by Gasteiger charge is -2.34. The summed E-state index contributed by atoms with van der Waals surface area (Å²) in [5.74, 6) is -2.22. The molecule has 2 atom stereocenters. The number of amides is 2. The number of nitrogens with zero attached hydrogens (tertiary/aromatic N) is 2. The Morgan fingerprint density at radius 3 is 2.32 bits per heavy atom. The third kappa shape index (κ3) is 6.15. The third-order valence-electron chi connectivity index (χ3n) is 6.68. The first-order valence-electron chi connectivity index (χ1n) is 12.0. The minimum atomic E-state index is -3.78. The lowest BCUT2D eigenvalue weighted by atomic mass is 9.82. The van der Waals surface area contributed by atoms with Gasteiger partial charge in [0.05, 0.1) is 12.2 Å². The maximum absolute atomic E-state index is 13.5. The van der Waals surface area contributed by atoms with E-state index in [1.165, 1.54) is 4.90 Å². The molecule has 2 amide bonds. The van der Waals surface area contributed by atoms with Crippen molar-refractivity contribution in [2.24, 2.45) is 5.92 Å². The second-order valence-electron chi connectivity index (χ2n) is 9.28. The number of benzene rings is 1. The number of aliphatic carboxylic acids is 1. The number of aryl methyl sites for hydroxylation is 1. The molecule has 1 aliphatic carbocycles. The summed E-state index contributed by atoms with van der Waals surface area (Å²) >= 11 is 0. The van der Waals surface area contributed by atoms with Crippen LogP contribution in [0.4, 0.5) is 0 Å². The van der Waals surface area contributed by atoms with E-state index in [2.05, 4.69) is 5.32 Å². The smallest absolute Gasteiger partial charge is 0.305 e. The number of hydrogen-bond acceptors (Lipinski definition) is 5. The number of carbonyl (C=O) groups excluding carboxylic acids is 2. The Bertz CT molecular complexity index is 988. The molecule has 0 radical (unpaired) electrons. The molecule has 188 valence electrons. The molecule has 1 saturated carbocycles. The second-order valence-corrected chi connectivity index (χ2v) is 11.3. The van der Waals surface area contributed by atoms with Crippen molar-refractivity contribution in [2.75, 3.05) is 18.8 Å². The molecule has 3 rings (SSSR count). The zero-order chi connectivity index (χ0) is 24.9. The highest BCUT2D eigenvalue weighted by molar-refractivity contribution is 7.89. The van der Waals surface area contributed by atoms with E-state index in [0.29, 0.717) is 12.0 Å². The average molecular weight is 494 g/mol. The van der Waals surface area contributed by atoms with E-state index < -0.39 is 40.0 Å². The summed E-state index contributed by atoms with van der Waals surface area (Å²) in [6.45, 7) is 3.74. The van der Waals surface area contributed by atoms with Gasteiger partial charge in [0.25, 0.3) is 11.8 Å². The first-order chi connectivity index (χ1) is 16.1. The van der Waals surface area contributed by atoms with Crippen molar-refractivity contribution in [3.05, 3.63) is 35.4 Å². The third-order valence-corrected chi connectivity index (χ3v) is 8.70. The first-order valence-corrected chi connectivity index (χ1v) is 13.6. The fourth-order valence-electron chi connectivity index (χ4n) is 4.94. The monoisotopic (exact) mass is 493 g/mol. The molecular weight excluding hydrogens is 458 g/mol. The van der Waals surface area contributed by atoms with Gasteiger partial charge in [0.2, 0.25) is 10.0 Å². The fraction of sp³-hybridized carbons (Fsp3) is 0.625. The minimum absolute atomic E-state index is 0.0113. The Balaban J connectivity index is 1.90. The molecule has 0 bridgehead atoms. The predicted octanol–water partition coefficient (Wildman–Crippen LogP) is 2.36. The topological polar surface area (TPSA) is 124 Å². The number of carbonyl (C=O) groups is 3. The van der Waals surface area contributed by atoms with Gasteiger partial charge in [-0.05, 0) is 44.2 Å². The molecule has 0 aromatic heterocycles. The molecular formula is C24H35N3O6S. The minimum Gasteiger partial charge on any atom is -0.481 e. The average Bonchev–Trinajstić information content (AvgIpc) is 3.25. The van der Waals surface area contributed by atoms with Crippen molar-refractivity contribution in [3.8, 4) is 0 Å². The fourth-order valence-corrected chi connectivity index (χ4v) is 6.56. The molecule has 1 aromatic carbocycles. The molecule has 2 unspecified atom stereocenters. The zero-order valence-electron chi connectivity index (χ0n) is 19.9. The first kappa shape index (κ1) is 26.2. The van der Waals surface area contributed by atoms with E-state index in [0.717, 1.165) is 42.0 Å². The number of carboxylic acid groups (broad SMARTS) is 1. The van der Waals surface area contributed by atoms with Gasteiger partial charge >= 0.3 is 5.97 Å². The zero-order valence-corrected chi connectivity index (χ0v) is 20.7. The van der Waals surface area contributed by atoms with Crippen LogP contribution in [0.3, 0.4) is 0 Å². The van der Waals surface area contributed by atoms with Crippen LogP contribution >= 0.6 is 0 Å². The summed E-state index contributed by atoms with van der Waals surface area (Å²) in [5, 5.41) is 12.3. The summed E-state index contributed by atoms with van der Waals surface area (Å²) in [7, 11) is -3.78. The van der Waals surface area contributed by atoms with E-state index in [4.69, 9.17) is 0 Å². The largest absolute Gasteiger partial charge is 0.481 e. The Morgan fingerprint density at radius 2 is 1.74 bits per heavy atom. The van der Waals surface area contributed by atoms with E-state index in [1.54, 1.807) is 31.2 Å². The summed E-state index contributed by atoms with van der Waals surface area (Å²) in [4.78, 5) is 39.6. The van der Waals surface area contributed by atoms with Crippen molar-refractivity contribution >= 4 is 27.8 Å². The van der Waals surface area contributed by atoms with E-state index in [-0.39, 0.29) is 31.2 Å². The van der Waals surface area contributed by atoms with Crippen LogP contribution in [0, 0.1) is 12.8 Å². The van der Waals surface area contributed by atoms with Crippen LogP contribution in [-0.4, -0.2) is 71.6 Å². The highest BCUT2D eigenvalue weighted by Gasteiger charge is 2.46. The molecule has 1 heterocycles. The van der Waals surface area contributed by atoms with E-state index in [1.807, 2.05) is 6.92 Å². The normalized spacial score (nSPS) is 20.8. The van der Waals surface area contributed by atoms with Crippen LogP contribution in [0.15, 0.2) is 24.3 Å². The molecule has 1 aromatic rings. The number of nitrogens with one attached hydrogen (secondary N) is 1. The molecule has 10 heteroatoms.